The molecule has 2 aliphatic carbocycles. The lowest BCUT2D eigenvalue weighted by Crippen LogP contribution is -2.51. The third-order valence-corrected chi connectivity index (χ3v) is 7.52. The second kappa shape index (κ2) is 5.09. The average Bonchev–Trinajstić information content (AvgIpc) is 3.70. The molecule has 0 radical (unpaired) electrons. The van der Waals surface area contributed by atoms with Crippen LogP contribution in [0.2, 0.25) is 0 Å². The second-order valence-corrected chi connectivity index (χ2v) is 8.83. The molecule has 2 atom stereocenters. The van der Waals surface area contributed by atoms with Crippen molar-refractivity contribution in [2.45, 2.75) is 12.0 Å². The maximum Gasteiger partial charge on any atom is 0.262 e. The zero-order chi connectivity index (χ0) is 21.2. The SMILES string of the molecule is CN1C(=O)c2ccc3c4c(ccc(c24)C1=O)C(=O)N(C1(c2ccccc2)C2CC21)C3=O. The van der Waals surface area contributed by atoms with E-state index in [1.807, 2.05) is 30.3 Å². The van der Waals surface area contributed by atoms with E-state index in [9.17, 15) is 19.2 Å². The standard InChI is InChI=1S/C25H16N2O4/c1-26-21(28)13-7-9-15-20-16(10-8-14(19(13)20)22(26)29)24(31)27(23(15)30)25(17-11-18(17)25)12-5-3-2-4-6-12/h2-10,17-18H,11H2,1H3. The average molecular weight is 408 g/mol. The van der Waals surface area contributed by atoms with Gasteiger partial charge in [0.2, 0.25) is 0 Å². The largest absolute Gasteiger partial charge is 0.277 e. The van der Waals surface area contributed by atoms with E-state index < -0.39 is 17.4 Å². The van der Waals surface area contributed by atoms with Crippen molar-refractivity contribution in [3.05, 3.63) is 82.4 Å². The molecule has 6 nitrogen and oxygen atoms in total. The molecule has 6 heteroatoms. The van der Waals surface area contributed by atoms with Crippen LogP contribution < -0.4 is 0 Å². The number of fused-ring (bicyclic) bond motifs is 1. The van der Waals surface area contributed by atoms with E-state index in [0.29, 0.717) is 44.9 Å². The van der Waals surface area contributed by atoms with Gasteiger partial charge in [0, 0.05) is 40.1 Å². The molecule has 0 saturated heterocycles. The van der Waals surface area contributed by atoms with Crippen LogP contribution in [0, 0.1) is 11.8 Å². The van der Waals surface area contributed by atoms with E-state index in [4.69, 9.17) is 0 Å². The van der Waals surface area contributed by atoms with Gasteiger partial charge in [0.05, 0.1) is 5.54 Å². The van der Waals surface area contributed by atoms with E-state index in [1.54, 1.807) is 24.3 Å². The number of nitrogens with zero attached hydrogens (tertiary/aromatic N) is 2. The smallest absolute Gasteiger partial charge is 0.262 e. The van der Waals surface area contributed by atoms with Gasteiger partial charge in [-0.1, -0.05) is 30.3 Å². The summed E-state index contributed by atoms with van der Waals surface area (Å²) in [5, 5.41) is 0.841. The number of rotatable bonds is 2. The summed E-state index contributed by atoms with van der Waals surface area (Å²) in [6, 6.07) is 16.2. The first kappa shape index (κ1) is 16.9. The molecule has 2 saturated carbocycles. The van der Waals surface area contributed by atoms with Crippen LogP contribution in [-0.2, 0) is 5.54 Å². The normalized spacial score (nSPS) is 27.6. The number of imide groups is 2. The Balaban J connectivity index is 1.48. The van der Waals surface area contributed by atoms with Crippen molar-refractivity contribution in [3.8, 4) is 0 Å². The monoisotopic (exact) mass is 408 g/mol. The fourth-order valence-electron chi connectivity index (χ4n) is 5.84. The Kier molecular flexibility index (Phi) is 2.78. The van der Waals surface area contributed by atoms with Gasteiger partial charge >= 0.3 is 0 Å². The van der Waals surface area contributed by atoms with Crippen LogP contribution in [0.15, 0.2) is 54.6 Å². The van der Waals surface area contributed by atoms with Crippen LogP contribution in [0.5, 0.6) is 0 Å². The summed E-state index contributed by atoms with van der Waals surface area (Å²) in [6.45, 7) is 0. The number of benzene rings is 3. The Morgan fingerprint density at radius 3 is 1.55 bits per heavy atom. The highest BCUT2D eigenvalue weighted by atomic mass is 16.2. The first-order chi connectivity index (χ1) is 15.0. The minimum atomic E-state index is -0.584. The van der Waals surface area contributed by atoms with Gasteiger partial charge < -0.3 is 0 Å². The molecule has 4 aliphatic rings. The fourth-order valence-corrected chi connectivity index (χ4v) is 5.84. The molecule has 150 valence electrons. The van der Waals surface area contributed by atoms with E-state index >= 15 is 0 Å². The topological polar surface area (TPSA) is 74.8 Å². The predicted molar refractivity (Wildman–Crippen MR) is 111 cm³/mol. The first-order valence-electron chi connectivity index (χ1n) is 10.3. The molecule has 31 heavy (non-hydrogen) atoms. The van der Waals surface area contributed by atoms with E-state index in [1.165, 1.54) is 11.9 Å². The second-order valence-electron chi connectivity index (χ2n) is 8.83. The van der Waals surface area contributed by atoms with E-state index in [2.05, 4.69) is 0 Å². The number of carbonyl (C=O) groups excluding carboxylic acids is 4. The summed E-state index contributed by atoms with van der Waals surface area (Å²) in [6.07, 6.45) is 1.02. The van der Waals surface area contributed by atoms with Crippen molar-refractivity contribution >= 4 is 34.4 Å². The van der Waals surface area contributed by atoms with Gasteiger partial charge in [-0.25, -0.2) is 0 Å². The van der Waals surface area contributed by atoms with Crippen LogP contribution >= 0.6 is 0 Å². The number of hydrogen-bond donors (Lipinski definition) is 0. The summed E-state index contributed by atoms with van der Waals surface area (Å²) in [5.74, 6) is -0.948. The lowest BCUT2D eigenvalue weighted by atomic mass is 9.83. The highest BCUT2D eigenvalue weighted by Gasteiger charge is 2.82. The number of amides is 4. The maximum absolute atomic E-state index is 13.7. The summed E-state index contributed by atoms with van der Waals surface area (Å²) < 4.78 is 0. The van der Waals surface area contributed by atoms with Gasteiger partial charge in [-0.05, 0) is 48.1 Å². The van der Waals surface area contributed by atoms with Crippen molar-refractivity contribution in [2.75, 3.05) is 7.05 Å². The molecule has 0 spiro atoms. The number of hydrogen-bond acceptors (Lipinski definition) is 4. The molecule has 2 heterocycles. The Bertz CT molecular complexity index is 1350. The summed E-state index contributed by atoms with van der Waals surface area (Å²) in [7, 11) is 1.44. The van der Waals surface area contributed by atoms with E-state index in [0.717, 1.165) is 16.9 Å². The molecule has 0 bridgehead atoms. The quantitative estimate of drug-likeness (QED) is 0.611. The predicted octanol–water partition coefficient (Wildman–Crippen LogP) is 3.21. The number of carbonyl (C=O) groups is 4. The zero-order valence-corrected chi connectivity index (χ0v) is 16.6. The third kappa shape index (κ3) is 1.73. The highest BCUT2D eigenvalue weighted by Crippen LogP contribution is 2.79. The van der Waals surface area contributed by atoms with Crippen LogP contribution in [0.3, 0.4) is 0 Å². The maximum atomic E-state index is 13.7. The molecule has 3 aromatic carbocycles. The Labute approximate surface area is 177 Å². The van der Waals surface area contributed by atoms with Gasteiger partial charge in [0.25, 0.3) is 23.6 Å². The summed E-state index contributed by atoms with van der Waals surface area (Å²) in [4.78, 5) is 55.4. The summed E-state index contributed by atoms with van der Waals surface area (Å²) >= 11 is 0. The first-order valence-corrected chi connectivity index (χ1v) is 10.3. The van der Waals surface area contributed by atoms with E-state index in [-0.39, 0.29) is 11.8 Å². The Hall–Kier alpha value is -3.80. The van der Waals surface area contributed by atoms with Crippen molar-refractivity contribution in [1.82, 2.24) is 9.80 Å². The molecular weight excluding hydrogens is 392 g/mol. The molecule has 2 fully saturated rings. The van der Waals surface area contributed by atoms with Gasteiger partial charge in [-0.15, -0.1) is 0 Å². The van der Waals surface area contributed by atoms with Gasteiger partial charge in [-0.2, -0.15) is 0 Å². The molecule has 4 amide bonds. The van der Waals surface area contributed by atoms with Crippen LogP contribution in [0.25, 0.3) is 10.8 Å². The van der Waals surface area contributed by atoms with Crippen molar-refractivity contribution in [3.63, 3.8) is 0 Å². The molecular formula is C25H16N2O4. The lowest BCUT2D eigenvalue weighted by molar-refractivity contribution is 0.0439. The molecule has 2 aliphatic heterocycles. The third-order valence-electron chi connectivity index (χ3n) is 7.52. The van der Waals surface area contributed by atoms with Crippen molar-refractivity contribution in [1.29, 1.82) is 0 Å². The molecule has 7 rings (SSSR count). The fraction of sp³-hybridized carbons (Fsp3) is 0.200. The van der Waals surface area contributed by atoms with Gasteiger partial charge in [-0.3, -0.25) is 29.0 Å². The molecule has 0 N–H and O–H groups in total. The van der Waals surface area contributed by atoms with Crippen LogP contribution in [0.4, 0.5) is 0 Å². The highest BCUT2D eigenvalue weighted by molar-refractivity contribution is 6.33. The summed E-state index contributed by atoms with van der Waals surface area (Å²) in [5.41, 5.74) is 1.85. The van der Waals surface area contributed by atoms with Gasteiger partial charge in [0.1, 0.15) is 0 Å². The minimum absolute atomic E-state index is 0.300. The zero-order valence-electron chi connectivity index (χ0n) is 16.6. The van der Waals surface area contributed by atoms with Crippen molar-refractivity contribution < 1.29 is 19.2 Å². The van der Waals surface area contributed by atoms with Crippen molar-refractivity contribution in [2.24, 2.45) is 11.8 Å². The van der Waals surface area contributed by atoms with Crippen LogP contribution in [-0.4, -0.2) is 40.5 Å². The lowest BCUT2D eigenvalue weighted by Gasteiger charge is -2.39. The Morgan fingerprint density at radius 1 is 0.677 bits per heavy atom. The molecule has 3 aromatic rings. The van der Waals surface area contributed by atoms with Crippen LogP contribution in [0.1, 0.15) is 53.4 Å². The minimum Gasteiger partial charge on any atom is -0.277 e. The van der Waals surface area contributed by atoms with Gasteiger partial charge in [0.15, 0.2) is 0 Å². The Morgan fingerprint density at radius 2 is 1.13 bits per heavy atom. The molecule has 0 aromatic heterocycles. The molecule has 2 unspecified atom stereocenters.